The van der Waals surface area contributed by atoms with E-state index in [-0.39, 0.29) is 11.4 Å². The molecule has 0 radical (unpaired) electrons. The van der Waals surface area contributed by atoms with E-state index in [4.69, 9.17) is 24.8 Å². The number of ether oxygens (including phenoxy) is 1. The van der Waals surface area contributed by atoms with Gasteiger partial charge in [0, 0.05) is 6.07 Å². The van der Waals surface area contributed by atoms with Crippen molar-refractivity contribution in [1.29, 1.82) is 0 Å². The highest BCUT2D eigenvalue weighted by atomic mass is 32.2. The highest BCUT2D eigenvalue weighted by Gasteiger charge is 2.29. The van der Waals surface area contributed by atoms with E-state index in [0.29, 0.717) is 0 Å². The van der Waals surface area contributed by atoms with Crippen LogP contribution in [0.2, 0.25) is 0 Å². The van der Waals surface area contributed by atoms with Gasteiger partial charge in [0.2, 0.25) is 0 Å². The molecule has 0 saturated heterocycles. The number of hydrogen-bond donors (Lipinski definition) is 4. The van der Waals surface area contributed by atoms with Gasteiger partial charge < -0.3 is 20.3 Å². The average Bonchev–Trinajstić information content (AvgIpc) is 2.14. The largest absolute Gasteiger partial charge is 0.495 e. The van der Waals surface area contributed by atoms with E-state index in [9.17, 15) is 13.0 Å². The first-order valence-corrected chi connectivity index (χ1v) is 7.13. The van der Waals surface area contributed by atoms with Gasteiger partial charge in [-0.3, -0.25) is 9.12 Å². The van der Waals surface area contributed by atoms with Crippen molar-refractivity contribution in [2.45, 2.75) is 4.90 Å². The molecule has 5 N–H and O–H groups in total. The molecule has 1 aromatic carbocycles. The topological polar surface area (TPSA) is 147 Å². The van der Waals surface area contributed by atoms with Crippen molar-refractivity contribution in [2.75, 3.05) is 12.8 Å². The first-order valence-electron chi connectivity index (χ1n) is 4.08. The molecule has 0 aliphatic rings. The molecule has 8 nitrogen and oxygen atoms in total. The maximum absolute atomic E-state index is 11.1. The standard InChI is InChI=1S/C7H10NO7PS/c1-15-5-3-7(17(12,13)14)6(2-4(5)8)16(9,10)11/h2-3H,8H2,1H3,(H2,9,10,11)(H,12,13,14). The van der Waals surface area contributed by atoms with Crippen molar-refractivity contribution in [3.63, 3.8) is 0 Å². The number of nitrogen functional groups attached to an aromatic ring is 1. The van der Waals surface area contributed by atoms with Gasteiger partial charge in [-0.1, -0.05) is 0 Å². The van der Waals surface area contributed by atoms with Gasteiger partial charge in [0.15, 0.2) is 0 Å². The molecule has 0 aromatic heterocycles. The van der Waals surface area contributed by atoms with Crippen molar-refractivity contribution in [3.05, 3.63) is 12.1 Å². The highest BCUT2D eigenvalue weighted by Crippen LogP contribution is 2.39. The van der Waals surface area contributed by atoms with Crippen LogP contribution >= 0.6 is 7.60 Å². The summed E-state index contributed by atoms with van der Waals surface area (Å²) < 4.78 is 46.6. The molecule has 10 heteroatoms. The van der Waals surface area contributed by atoms with E-state index in [1.54, 1.807) is 0 Å². The third-order valence-electron chi connectivity index (χ3n) is 1.90. The van der Waals surface area contributed by atoms with Gasteiger partial charge in [0.05, 0.1) is 18.1 Å². The Morgan fingerprint density at radius 1 is 1.35 bits per heavy atom. The Balaban J connectivity index is 3.72. The van der Waals surface area contributed by atoms with Gasteiger partial charge in [0.1, 0.15) is 10.6 Å². The van der Waals surface area contributed by atoms with Crippen LogP contribution in [-0.4, -0.2) is 29.9 Å². The molecule has 0 aliphatic heterocycles. The summed E-state index contributed by atoms with van der Waals surface area (Å²) in [5.41, 5.74) is 5.24. The highest BCUT2D eigenvalue weighted by molar-refractivity contribution is 7.86. The Morgan fingerprint density at radius 2 is 1.88 bits per heavy atom. The fourth-order valence-electron chi connectivity index (χ4n) is 1.18. The minimum absolute atomic E-state index is 0.116. The molecular formula is C7H10NO7PS. The lowest BCUT2D eigenvalue weighted by Gasteiger charge is -2.12. The summed E-state index contributed by atoms with van der Waals surface area (Å²) >= 11 is 0. The fraction of sp³-hybridized carbons (Fsp3) is 0.143. The Bertz CT molecular complexity index is 590. The van der Waals surface area contributed by atoms with Crippen LogP contribution < -0.4 is 15.8 Å². The van der Waals surface area contributed by atoms with Gasteiger partial charge in [-0.2, -0.15) is 8.42 Å². The summed E-state index contributed by atoms with van der Waals surface area (Å²) in [5, 5.41) is -0.877. The quantitative estimate of drug-likeness (QED) is 0.324. The van der Waals surface area contributed by atoms with Crippen LogP contribution in [0.15, 0.2) is 17.0 Å². The van der Waals surface area contributed by atoms with Gasteiger partial charge in [-0.15, -0.1) is 0 Å². The molecule has 0 amide bonds. The zero-order valence-corrected chi connectivity index (χ0v) is 10.3. The smallest absolute Gasteiger partial charge is 0.357 e. The third-order valence-corrected chi connectivity index (χ3v) is 3.95. The first-order chi connectivity index (χ1) is 7.57. The van der Waals surface area contributed by atoms with Crippen molar-refractivity contribution in [2.24, 2.45) is 0 Å². The number of nitrogens with two attached hydrogens (primary N) is 1. The van der Waals surface area contributed by atoms with E-state index >= 15 is 0 Å². The molecule has 0 unspecified atom stereocenters. The number of anilines is 1. The third kappa shape index (κ3) is 2.96. The molecule has 0 spiro atoms. The van der Waals surface area contributed by atoms with Crippen molar-refractivity contribution >= 4 is 28.7 Å². The maximum Gasteiger partial charge on any atom is 0.357 e. The lowest BCUT2D eigenvalue weighted by Crippen LogP contribution is -2.17. The van der Waals surface area contributed by atoms with Gasteiger partial charge in [-0.25, -0.2) is 0 Å². The Morgan fingerprint density at radius 3 is 2.24 bits per heavy atom. The number of hydrogen-bond acceptors (Lipinski definition) is 5. The van der Waals surface area contributed by atoms with Crippen LogP contribution in [0.4, 0.5) is 5.69 Å². The second kappa shape index (κ2) is 4.28. The van der Waals surface area contributed by atoms with Crippen molar-refractivity contribution < 1.29 is 32.1 Å². The van der Waals surface area contributed by atoms with Gasteiger partial charge in [-0.05, 0) is 6.07 Å². The van der Waals surface area contributed by atoms with Crippen LogP contribution in [0, 0.1) is 0 Å². The molecule has 17 heavy (non-hydrogen) atoms. The lowest BCUT2D eigenvalue weighted by atomic mass is 10.3. The molecule has 0 fully saturated rings. The number of benzene rings is 1. The Kier molecular flexibility index (Phi) is 3.51. The van der Waals surface area contributed by atoms with E-state index in [1.807, 2.05) is 0 Å². The summed E-state index contributed by atoms with van der Waals surface area (Å²) in [4.78, 5) is 17.0. The average molecular weight is 283 g/mol. The van der Waals surface area contributed by atoms with Crippen LogP contribution in [0.25, 0.3) is 0 Å². The van der Waals surface area contributed by atoms with Crippen LogP contribution in [-0.2, 0) is 14.7 Å². The normalized spacial score (nSPS) is 12.5. The van der Waals surface area contributed by atoms with Crippen LogP contribution in [0.1, 0.15) is 0 Å². The number of methoxy groups -OCH3 is 1. The van der Waals surface area contributed by atoms with E-state index in [1.165, 1.54) is 7.11 Å². The Labute approximate surface area is 96.9 Å². The van der Waals surface area contributed by atoms with Gasteiger partial charge in [0.25, 0.3) is 10.1 Å². The molecule has 0 atom stereocenters. The van der Waals surface area contributed by atoms with E-state index in [0.717, 1.165) is 12.1 Å². The molecule has 96 valence electrons. The monoisotopic (exact) mass is 283 g/mol. The minimum atomic E-state index is -4.88. The van der Waals surface area contributed by atoms with Crippen molar-refractivity contribution in [1.82, 2.24) is 0 Å². The second-order valence-electron chi connectivity index (χ2n) is 3.08. The summed E-state index contributed by atoms with van der Waals surface area (Å²) in [7, 11) is -8.49. The molecule has 0 aliphatic carbocycles. The summed E-state index contributed by atoms with van der Waals surface area (Å²) in [5.74, 6) is -0.116. The van der Waals surface area contributed by atoms with Gasteiger partial charge >= 0.3 is 7.60 Å². The van der Waals surface area contributed by atoms with Crippen LogP contribution in [0.3, 0.4) is 0 Å². The number of rotatable bonds is 3. The fourth-order valence-corrected chi connectivity index (χ4v) is 3.12. The summed E-state index contributed by atoms with van der Waals surface area (Å²) in [6.07, 6.45) is 0. The van der Waals surface area contributed by atoms with Crippen LogP contribution in [0.5, 0.6) is 5.75 Å². The molecule has 0 saturated carbocycles. The zero-order chi connectivity index (χ0) is 13.4. The van der Waals surface area contributed by atoms with Crippen molar-refractivity contribution in [3.8, 4) is 5.75 Å². The molecule has 0 bridgehead atoms. The SMILES string of the molecule is COc1cc(S(=O)(=O)O)c(P(=O)(O)O)cc1N. The summed E-state index contributed by atoms with van der Waals surface area (Å²) in [6.45, 7) is 0. The second-order valence-corrected chi connectivity index (χ2v) is 6.04. The molecule has 1 aromatic rings. The predicted octanol–water partition coefficient (Wildman–Crippen LogP) is -0.673. The predicted molar refractivity (Wildman–Crippen MR) is 58.9 cm³/mol. The van der Waals surface area contributed by atoms with E-state index < -0.39 is 27.9 Å². The van der Waals surface area contributed by atoms with E-state index in [2.05, 4.69) is 0 Å². The summed E-state index contributed by atoms with van der Waals surface area (Å²) in [6, 6.07) is 1.50. The molecule has 1 rings (SSSR count). The molecule has 0 heterocycles. The molecular weight excluding hydrogens is 273 g/mol. The minimum Gasteiger partial charge on any atom is -0.495 e. The Hall–Kier alpha value is -1.12. The lowest BCUT2D eigenvalue weighted by molar-refractivity contribution is 0.385. The maximum atomic E-state index is 11.1. The zero-order valence-electron chi connectivity index (χ0n) is 8.56. The first kappa shape index (κ1) is 13.9.